The van der Waals surface area contributed by atoms with Crippen molar-refractivity contribution in [2.45, 2.75) is 38.4 Å². The van der Waals surface area contributed by atoms with Gasteiger partial charge in [-0.15, -0.1) is 0 Å². The fourth-order valence-corrected chi connectivity index (χ4v) is 2.33. The Morgan fingerprint density at radius 3 is 2.46 bits per heavy atom. The first kappa shape index (κ1) is 18.0. The molecule has 0 fully saturated rings. The van der Waals surface area contributed by atoms with Crippen molar-refractivity contribution >= 4 is 5.91 Å². The third-order valence-electron chi connectivity index (χ3n) is 3.68. The quantitative estimate of drug-likeness (QED) is 0.854. The average Bonchev–Trinajstić information content (AvgIpc) is 2.55. The van der Waals surface area contributed by atoms with Crippen LogP contribution in [0.3, 0.4) is 0 Å². The number of hydrogen-bond donors (Lipinski definition) is 1. The van der Waals surface area contributed by atoms with Gasteiger partial charge < -0.3 is 5.32 Å². The van der Waals surface area contributed by atoms with Crippen molar-refractivity contribution in [1.29, 1.82) is 0 Å². The second-order valence-electron chi connectivity index (χ2n) is 5.58. The standard InChI is InChI=1S/C18H19F3N2O/c1-13(14-8-10-15(11-9-14)18(19,20)21)23-17(24)7-4-6-16-5-2-3-12-22-16/h2-3,5,8-13H,4,6-7H2,1H3,(H,23,24). The molecule has 0 bridgehead atoms. The highest BCUT2D eigenvalue weighted by Gasteiger charge is 2.30. The van der Waals surface area contributed by atoms with Crippen LogP contribution in [0.15, 0.2) is 48.7 Å². The van der Waals surface area contributed by atoms with Crippen LogP contribution in [0.5, 0.6) is 0 Å². The summed E-state index contributed by atoms with van der Waals surface area (Å²) in [7, 11) is 0. The lowest BCUT2D eigenvalue weighted by atomic mass is 10.1. The monoisotopic (exact) mass is 336 g/mol. The molecule has 0 saturated heterocycles. The van der Waals surface area contributed by atoms with Gasteiger partial charge in [-0.2, -0.15) is 13.2 Å². The van der Waals surface area contributed by atoms with E-state index in [4.69, 9.17) is 0 Å². The van der Waals surface area contributed by atoms with Crippen LogP contribution in [0.2, 0.25) is 0 Å². The molecular formula is C18H19F3N2O. The summed E-state index contributed by atoms with van der Waals surface area (Å²) in [5.74, 6) is -0.127. The summed E-state index contributed by atoms with van der Waals surface area (Å²) in [6.07, 6.45) is -0.911. The van der Waals surface area contributed by atoms with E-state index in [1.165, 1.54) is 12.1 Å². The molecule has 1 unspecified atom stereocenters. The molecule has 1 amide bonds. The molecule has 1 aromatic carbocycles. The Morgan fingerprint density at radius 2 is 1.88 bits per heavy atom. The number of pyridine rings is 1. The van der Waals surface area contributed by atoms with Gasteiger partial charge in [-0.25, -0.2) is 0 Å². The maximum atomic E-state index is 12.5. The fourth-order valence-electron chi connectivity index (χ4n) is 2.33. The summed E-state index contributed by atoms with van der Waals surface area (Å²) < 4.78 is 37.6. The van der Waals surface area contributed by atoms with Gasteiger partial charge in [0.25, 0.3) is 0 Å². The number of nitrogens with zero attached hydrogens (tertiary/aromatic N) is 1. The molecule has 1 aromatic heterocycles. The molecule has 1 atom stereocenters. The Hall–Kier alpha value is -2.37. The largest absolute Gasteiger partial charge is 0.416 e. The number of halogens is 3. The molecule has 128 valence electrons. The van der Waals surface area contributed by atoms with E-state index in [0.29, 0.717) is 24.8 Å². The third-order valence-corrected chi connectivity index (χ3v) is 3.68. The molecule has 0 aliphatic rings. The van der Waals surface area contributed by atoms with Gasteiger partial charge in [-0.3, -0.25) is 9.78 Å². The van der Waals surface area contributed by atoms with Crippen LogP contribution in [0.25, 0.3) is 0 Å². The summed E-state index contributed by atoms with van der Waals surface area (Å²) in [4.78, 5) is 16.1. The molecule has 1 heterocycles. The van der Waals surface area contributed by atoms with Gasteiger partial charge in [-0.1, -0.05) is 18.2 Å². The van der Waals surface area contributed by atoms with Crippen molar-refractivity contribution in [2.24, 2.45) is 0 Å². The number of benzene rings is 1. The van der Waals surface area contributed by atoms with Crippen LogP contribution >= 0.6 is 0 Å². The predicted molar refractivity (Wildman–Crippen MR) is 85.2 cm³/mol. The lowest BCUT2D eigenvalue weighted by Crippen LogP contribution is -2.26. The highest BCUT2D eigenvalue weighted by molar-refractivity contribution is 5.76. The Bertz CT molecular complexity index is 654. The van der Waals surface area contributed by atoms with Crippen LogP contribution < -0.4 is 5.32 Å². The number of carbonyl (C=O) groups excluding carboxylic acids is 1. The van der Waals surface area contributed by atoms with Crippen molar-refractivity contribution in [2.75, 3.05) is 0 Å². The molecule has 0 aliphatic carbocycles. The topological polar surface area (TPSA) is 42.0 Å². The minimum absolute atomic E-state index is 0.127. The van der Waals surface area contributed by atoms with Crippen LogP contribution in [0.4, 0.5) is 13.2 Å². The van der Waals surface area contributed by atoms with E-state index < -0.39 is 11.7 Å². The van der Waals surface area contributed by atoms with Gasteiger partial charge in [0, 0.05) is 18.3 Å². The van der Waals surface area contributed by atoms with Gasteiger partial charge in [0.15, 0.2) is 0 Å². The van der Waals surface area contributed by atoms with E-state index in [0.717, 1.165) is 17.8 Å². The highest BCUT2D eigenvalue weighted by Crippen LogP contribution is 2.29. The van der Waals surface area contributed by atoms with Crippen molar-refractivity contribution in [1.82, 2.24) is 10.3 Å². The van der Waals surface area contributed by atoms with Gasteiger partial charge in [0.05, 0.1) is 11.6 Å². The molecule has 0 aliphatic heterocycles. The second-order valence-corrected chi connectivity index (χ2v) is 5.58. The Balaban J connectivity index is 1.80. The number of rotatable bonds is 6. The zero-order valence-corrected chi connectivity index (χ0v) is 13.3. The van der Waals surface area contributed by atoms with Crippen molar-refractivity contribution in [3.8, 4) is 0 Å². The number of amides is 1. The van der Waals surface area contributed by atoms with Crippen LogP contribution in [-0.2, 0) is 17.4 Å². The fraction of sp³-hybridized carbons (Fsp3) is 0.333. The Kier molecular flexibility index (Phi) is 5.95. The number of aromatic nitrogens is 1. The predicted octanol–water partition coefficient (Wildman–Crippen LogP) is 4.30. The number of alkyl halides is 3. The molecule has 2 aromatic rings. The molecule has 0 spiro atoms. The minimum atomic E-state index is -4.35. The van der Waals surface area contributed by atoms with Crippen LogP contribution in [0, 0.1) is 0 Å². The van der Waals surface area contributed by atoms with E-state index in [-0.39, 0.29) is 11.9 Å². The first-order chi connectivity index (χ1) is 11.4. The van der Waals surface area contributed by atoms with Crippen LogP contribution in [-0.4, -0.2) is 10.9 Å². The lowest BCUT2D eigenvalue weighted by Gasteiger charge is -2.15. The summed E-state index contributed by atoms with van der Waals surface area (Å²) in [6.45, 7) is 1.75. The van der Waals surface area contributed by atoms with E-state index in [1.807, 2.05) is 18.2 Å². The third kappa shape index (κ3) is 5.37. The molecule has 0 radical (unpaired) electrons. The first-order valence-corrected chi connectivity index (χ1v) is 7.72. The molecule has 3 nitrogen and oxygen atoms in total. The Labute approximate surface area is 138 Å². The number of hydrogen-bond acceptors (Lipinski definition) is 2. The summed E-state index contributed by atoms with van der Waals surface area (Å²) in [5.41, 5.74) is 0.877. The van der Waals surface area contributed by atoms with E-state index in [1.54, 1.807) is 13.1 Å². The second kappa shape index (κ2) is 7.95. The van der Waals surface area contributed by atoms with Gasteiger partial charge in [-0.05, 0) is 49.6 Å². The van der Waals surface area contributed by atoms with Crippen LogP contribution in [0.1, 0.15) is 42.6 Å². The minimum Gasteiger partial charge on any atom is -0.350 e. The van der Waals surface area contributed by atoms with E-state index in [9.17, 15) is 18.0 Å². The summed E-state index contributed by atoms with van der Waals surface area (Å²) >= 11 is 0. The smallest absolute Gasteiger partial charge is 0.350 e. The van der Waals surface area contributed by atoms with E-state index >= 15 is 0 Å². The maximum Gasteiger partial charge on any atom is 0.416 e. The van der Waals surface area contributed by atoms with Crippen molar-refractivity contribution in [3.05, 3.63) is 65.5 Å². The summed E-state index contributed by atoms with van der Waals surface area (Å²) in [5, 5.41) is 2.80. The SMILES string of the molecule is CC(NC(=O)CCCc1ccccn1)c1ccc(C(F)(F)F)cc1. The zero-order chi connectivity index (χ0) is 17.6. The average molecular weight is 336 g/mol. The molecule has 24 heavy (non-hydrogen) atoms. The molecular weight excluding hydrogens is 317 g/mol. The number of carbonyl (C=O) groups is 1. The number of aryl methyl sites for hydroxylation is 1. The first-order valence-electron chi connectivity index (χ1n) is 7.72. The Morgan fingerprint density at radius 1 is 1.17 bits per heavy atom. The molecule has 6 heteroatoms. The summed E-state index contributed by atoms with van der Waals surface area (Å²) in [6, 6.07) is 10.1. The van der Waals surface area contributed by atoms with E-state index in [2.05, 4.69) is 10.3 Å². The maximum absolute atomic E-state index is 12.5. The lowest BCUT2D eigenvalue weighted by molar-refractivity contribution is -0.137. The normalized spacial score (nSPS) is 12.7. The molecule has 0 saturated carbocycles. The van der Waals surface area contributed by atoms with Gasteiger partial charge in [0.1, 0.15) is 0 Å². The highest BCUT2D eigenvalue weighted by atomic mass is 19.4. The zero-order valence-electron chi connectivity index (χ0n) is 13.3. The van der Waals surface area contributed by atoms with Gasteiger partial charge in [0.2, 0.25) is 5.91 Å². The molecule has 2 rings (SSSR count). The van der Waals surface area contributed by atoms with Gasteiger partial charge >= 0.3 is 6.18 Å². The molecule has 1 N–H and O–H groups in total. The van der Waals surface area contributed by atoms with Crippen molar-refractivity contribution in [3.63, 3.8) is 0 Å². The number of nitrogens with one attached hydrogen (secondary N) is 1. The van der Waals surface area contributed by atoms with Crippen molar-refractivity contribution < 1.29 is 18.0 Å².